The second-order valence-corrected chi connectivity index (χ2v) is 9.77. The van der Waals surface area contributed by atoms with Crippen LogP contribution in [-0.2, 0) is 33.5 Å². The Morgan fingerprint density at radius 1 is 1.21 bits per heavy atom. The van der Waals surface area contributed by atoms with E-state index in [0.29, 0.717) is 37.0 Å². The van der Waals surface area contributed by atoms with Crippen molar-refractivity contribution in [2.75, 3.05) is 19.8 Å². The maximum atomic E-state index is 13.5. The first-order valence-electron chi connectivity index (χ1n) is 13.5. The lowest BCUT2D eigenvalue weighted by Gasteiger charge is -2.27. The molecule has 2 N–H and O–H groups in total. The van der Waals surface area contributed by atoms with Crippen LogP contribution in [0.2, 0.25) is 0 Å². The smallest absolute Gasteiger partial charge is 0.417 e. The molecule has 0 radical (unpaired) electrons. The molecule has 3 rings (SSSR count). The van der Waals surface area contributed by atoms with Crippen molar-refractivity contribution in [1.82, 2.24) is 4.98 Å². The molecule has 3 unspecified atom stereocenters. The second-order valence-electron chi connectivity index (χ2n) is 9.77. The Balaban J connectivity index is 1.52. The van der Waals surface area contributed by atoms with E-state index in [1.165, 1.54) is 18.2 Å². The molecule has 0 saturated heterocycles. The SMILES string of the molecule is CCCOC(C[OH+]C1CCCC(CCOCc2nc(-c3ccccc3C(F)(F)F)oc2CCC)C1)C(=O)O. The lowest BCUT2D eigenvalue weighted by Crippen LogP contribution is -2.35. The summed E-state index contributed by atoms with van der Waals surface area (Å²) >= 11 is 0. The molecule has 1 aliphatic rings. The number of aromatic nitrogens is 1. The molecule has 212 valence electrons. The molecular weight excluding hydrogens is 503 g/mol. The Kier molecular flexibility index (Phi) is 11.6. The van der Waals surface area contributed by atoms with Crippen molar-refractivity contribution in [3.63, 3.8) is 0 Å². The van der Waals surface area contributed by atoms with Crippen LogP contribution >= 0.6 is 0 Å². The van der Waals surface area contributed by atoms with Gasteiger partial charge in [-0.1, -0.05) is 26.0 Å². The van der Waals surface area contributed by atoms with Crippen molar-refractivity contribution >= 4 is 5.97 Å². The van der Waals surface area contributed by atoms with E-state index in [-0.39, 0.29) is 30.8 Å². The van der Waals surface area contributed by atoms with Crippen molar-refractivity contribution in [1.29, 1.82) is 0 Å². The van der Waals surface area contributed by atoms with Gasteiger partial charge in [-0.25, -0.2) is 9.78 Å². The number of alkyl halides is 3. The van der Waals surface area contributed by atoms with E-state index in [1.807, 2.05) is 13.8 Å². The van der Waals surface area contributed by atoms with Crippen LogP contribution in [0.25, 0.3) is 11.5 Å². The van der Waals surface area contributed by atoms with Crippen LogP contribution in [0.15, 0.2) is 28.7 Å². The van der Waals surface area contributed by atoms with Crippen LogP contribution in [0.1, 0.15) is 75.8 Å². The highest BCUT2D eigenvalue weighted by Crippen LogP contribution is 2.37. The van der Waals surface area contributed by atoms with Gasteiger partial charge in [0.2, 0.25) is 12.0 Å². The number of carbonyl (C=O) groups is 1. The Bertz CT molecular complexity index is 1010. The topological polar surface area (TPSA) is 94.6 Å². The molecule has 2 aromatic rings. The van der Waals surface area contributed by atoms with Gasteiger partial charge in [-0.05, 0) is 50.2 Å². The fourth-order valence-corrected chi connectivity index (χ4v) is 4.77. The summed E-state index contributed by atoms with van der Waals surface area (Å²) < 4.78 is 62.1. The highest BCUT2D eigenvalue weighted by atomic mass is 19.4. The van der Waals surface area contributed by atoms with Gasteiger partial charge in [0.05, 0.1) is 12.2 Å². The first kappa shape index (κ1) is 30.1. The first-order valence-corrected chi connectivity index (χ1v) is 13.5. The summed E-state index contributed by atoms with van der Waals surface area (Å²) in [4.78, 5) is 15.8. The predicted molar refractivity (Wildman–Crippen MR) is 136 cm³/mol. The molecule has 1 aromatic heterocycles. The molecule has 1 fully saturated rings. The minimum atomic E-state index is -4.51. The molecule has 3 atom stereocenters. The maximum absolute atomic E-state index is 13.5. The summed E-state index contributed by atoms with van der Waals surface area (Å²) in [6.45, 7) is 5.12. The number of carboxylic acid groups (broad SMARTS) is 1. The zero-order valence-electron chi connectivity index (χ0n) is 22.1. The summed E-state index contributed by atoms with van der Waals surface area (Å²) in [5.41, 5.74) is -0.325. The van der Waals surface area contributed by atoms with Gasteiger partial charge in [-0.3, -0.25) is 0 Å². The lowest BCUT2D eigenvalue weighted by atomic mass is 9.85. The van der Waals surface area contributed by atoms with Gasteiger partial charge in [-0.2, -0.15) is 13.2 Å². The number of ether oxygens (including phenoxy) is 3. The first-order chi connectivity index (χ1) is 18.2. The fourth-order valence-electron chi connectivity index (χ4n) is 4.77. The van der Waals surface area contributed by atoms with E-state index in [2.05, 4.69) is 9.72 Å². The Morgan fingerprint density at radius 2 is 2.00 bits per heavy atom. The van der Waals surface area contributed by atoms with E-state index in [4.69, 9.17) is 13.9 Å². The number of aryl methyl sites for hydroxylation is 1. The Hall–Kier alpha value is -2.43. The standard InChI is InChI=1S/C28H38F3NO6/c1-3-8-24-23(32-26(38-24)21-11-5-6-12-22(21)28(29,30)31)17-35-15-13-19-9-7-10-20(16-19)37-18-25(27(33)34)36-14-4-2/h5-6,11-12,19-20,25H,3-4,7-10,13-18H2,1-2H3,(H,33,34)/p+1. The largest absolute Gasteiger partial charge is 0.479 e. The number of benzene rings is 1. The van der Waals surface area contributed by atoms with E-state index < -0.39 is 23.8 Å². The number of aliphatic carboxylic acids is 1. The van der Waals surface area contributed by atoms with Crippen LogP contribution in [0.3, 0.4) is 0 Å². The Morgan fingerprint density at radius 3 is 2.71 bits per heavy atom. The summed E-state index contributed by atoms with van der Waals surface area (Å²) in [7, 11) is 0. The monoisotopic (exact) mass is 542 g/mol. The van der Waals surface area contributed by atoms with Gasteiger partial charge >= 0.3 is 12.1 Å². The number of hydrogen-bond acceptors (Lipinski definition) is 5. The van der Waals surface area contributed by atoms with Gasteiger partial charge < -0.3 is 23.7 Å². The third-order valence-corrected chi connectivity index (χ3v) is 6.71. The van der Waals surface area contributed by atoms with Gasteiger partial charge in [0.25, 0.3) is 0 Å². The number of nitrogens with zero attached hydrogens (tertiary/aromatic N) is 1. The number of aliphatic hydroxyl groups is 2. The number of rotatable bonds is 15. The zero-order valence-corrected chi connectivity index (χ0v) is 22.1. The summed E-state index contributed by atoms with van der Waals surface area (Å²) in [6, 6.07) is 5.28. The minimum Gasteiger partial charge on any atom is -0.479 e. The quantitative estimate of drug-likeness (QED) is 0.213. The predicted octanol–water partition coefficient (Wildman–Crippen LogP) is 6.19. The number of halogens is 3. The van der Waals surface area contributed by atoms with Crippen LogP contribution in [0.5, 0.6) is 0 Å². The maximum Gasteiger partial charge on any atom is 0.417 e. The molecule has 1 aromatic carbocycles. The summed E-state index contributed by atoms with van der Waals surface area (Å²) in [5.74, 6) is -0.0594. The summed E-state index contributed by atoms with van der Waals surface area (Å²) in [6.07, 6.45) is 1.53. The molecule has 10 heteroatoms. The third-order valence-electron chi connectivity index (χ3n) is 6.71. The van der Waals surface area contributed by atoms with E-state index >= 15 is 0 Å². The molecule has 0 amide bonds. The van der Waals surface area contributed by atoms with Gasteiger partial charge in [0, 0.05) is 38.0 Å². The van der Waals surface area contributed by atoms with Crippen molar-refractivity contribution < 1.29 is 41.7 Å². The normalized spacial score (nSPS) is 19.0. The number of oxazole rings is 1. The van der Waals surface area contributed by atoms with Gasteiger partial charge in [0.1, 0.15) is 11.5 Å². The second kappa shape index (κ2) is 14.6. The van der Waals surface area contributed by atoms with Gasteiger partial charge in [0.15, 0.2) is 12.7 Å². The molecule has 1 aliphatic carbocycles. The molecular formula is C28H39F3NO6+. The molecule has 7 nitrogen and oxygen atoms in total. The van der Waals surface area contributed by atoms with E-state index in [9.17, 15) is 23.1 Å². The molecule has 38 heavy (non-hydrogen) atoms. The molecule has 0 bridgehead atoms. The molecule has 0 spiro atoms. The van der Waals surface area contributed by atoms with Crippen molar-refractivity contribution in [3.8, 4) is 11.5 Å². The molecule has 0 aliphatic heterocycles. The fraction of sp³-hybridized carbons (Fsp3) is 0.643. The number of hydrogen-bond donors (Lipinski definition) is 1. The van der Waals surface area contributed by atoms with Crippen LogP contribution < -0.4 is 0 Å². The molecule has 1 saturated carbocycles. The van der Waals surface area contributed by atoms with Crippen molar-refractivity contribution in [2.45, 2.75) is 90.2 Å². The van der Waals surface area contributed by atoms with Crippen LogP contribution in [0.4, 0.5) is 13.2 Å². The molecule has 1 heterocycles. The van der Waals surface area contributed by atoms with Crippen molar-refractivity contribution in [3.05, 3.63) is 41.3 Å². The lowest BCUT2D eigenvalue weighted by molar-refractivity contribution is -0.183. The average Bonchev–Trinajstić information content (AvgIpc) is 3.29. The van der Waals surface area contributed by atoms with Gasteiger partial charge in [-0.15, -0.1) is 0 Å². The minimum absolute atomic E-state index is 0.0423. The van der Waals surface area contributed by atoms with E-state index in [1.54, 1.807) is 0 Å². The van der Waals surface area contributed by atoms with Crippen LogP contribution in [0, 0.1) is 5.92 Å². The Labute approximate surface area is 221 Å². The number of carboxylic acids is 1. The third kappa shape index (κ3) is 8.81. The van der Waals surface area contributed by atoms with Crippen molar-refractivity contribution in [2.24, 2.45) is 5.92 Å². The highest BCUT2D eigenvalue weighted by Gasteiger charge is 2.35. The van der Waals surface area contributed by atoms with E-state index in [0.717, 1.165) is 51.0 Å². The average molecular weight is 543 g/mol. The summed E-state index contributed by atoms with van der Waals surface area (Å²) in [5, 5.41) is 9.32. The highest BCUT2D eigenvalue weighted by molar-refractivity contribution is 5.72. The van der Waals surface area contributed by atoms with Crippen LogP contribution in [-0.4, -0.2) is 52.8 Å². The zero-order chi connectivity index (χ0) is 27.5.